The fourth-order valence-electron chi connectivity index (χ4n) is 2.67. The molecule has 1 unspecified atom stereocenters. The number of amides is 1. The summed E-state index contributed by atoms with van der Waals surface area (Å²) in [6.45, 7) is 3.39. The zero-order valence-electron chi connectivity index (χ0n) is 13.7. The van der Waals surface area contributed by atoms with Crippen molar-refractivity contribution in [2.24, 2.45) is 0 Å². The number of carbonyl (C=O) groups excluding carboxylic acids is 1. The zero-order valence-corrected chi connectivity index (χ0v) is 14.5. The molecule has 6 nitrogen and oxygen atoms in total. The largest absolute Gasteiger partial charge is 0.378 e. The number of thiazole rings is 1. The molecule has 24 heavy (non-hydrogen) atoms. The van der Waals surface area contributed by atoms with E-state index in [1.165, 1.54) is 0 Å². The number of hydrogen-bond donors (Lipinski definition) is 2. The van der Waals surface area contributed by atoms with Crippen molar-refractivity contribution in [1.29, 1.82) is 0 Å². The van der Waals surface area contributed by atoms with Crippen LogP contribution in [0.4, 0.5) is 5.69 Å². The van der Waals surface area contributed by atoms with E-state index in [0.29, 0.717) is 19.8 Å². The van der Waals surface area contributed by atoms with Crippen molar-refractivity contribution in [3.63, 3.8) is 0 Å². The summed E-state index contributed by atoms with van der Waals surface area (Å²) in [4.78, 5) is 18.7. The molecule has 1 saturated heterocycles. The summed E-state index contributed by atoms with van der Waals surface area (Å²) in [7, 11) is 2.06. The van der Waals surface area contributed by atoms with Crippen LogP contribution in [0.3, 0.4) is 0 Å². The Balaban J connectivity index is 1.56. The monoisotopic (exact) mass is 346 g/mol. The molecule has 3 rings (SSSR count). The number of nitrogens with zero attached hydrogens (tertiary/aromatic N) is 2. The Morgan fingerprint density at radius 3 is 3.17 bits per heavy atom. The highest BCUT2D eigenvalue weighted by Crippen LogP contribution is 2.14. The van der Waals surface area contributed by atoms with Gasteiger partial charge in [-0.25, -0.2) is 4.98 Å². The molecule has 7 heteroatoms. The van der Waals surface area contributed by atoms with E-state index < -0.39 is 0 Å². The molecule has 1 aromatic carbocycles. The third kappa shape index (κ3) is 4.85. The fourth-order valence-corrected chi connectivity index (χ4v) is 3.22. The maximum atomic E-state index is 12.2. The molecule has 0 radical (unpaired) electrons. The molecule has 2 N–H and O–H groups in total. The third-order valence-corrected chi connectivity index (χ3v) is 4.44. The summed E-state index contributed by atoms with van der Waals surface area (Å²) in [6.07, 6.45) is 0. The summed E-state index contributed by atoms with van der Waals surface area (Å²) < 4.78 is 5.33. The Hall–Kier alpha value is -1.80. The lowest BCUT2D eigenvalue weighted by molar-refractivity contribution is -0.120. The van der Waals surface area contributed by atoms with E-state index >= 15 is 0 Å². The van der Waals surface area contributed by atoms with Gasteiger partial charge in [0.25, 0.3) is 0 Å². The van der Waals surface area contributed by atoms with Crippen molar-refractivity contribution in [3.8, 4) is 0 Å². The Kier molecular flexibility index (Phi) is 5.92. The second-order valence-corrected chi connectivity index (χ2v) is 6.64. The minimum Gasteiger partial charge on any atom is -0.378 e. The van der Waals surface area contributed by atoms with Gasteiger partial charge < -0.3 is 15.4 Å². The number of carbonyl (C=O) groups is 1. The van der Waals surface area contributed by atoms with Crippen molar-refractivity contribution in [2.45, 2.75) is 19.1 Å². The van der Waals surface area contributed by atoms with E-state index in [4.69, 9.17) is 4.74 Å². The van der Waals surface area contributed by atoms with Gasteiger partial charge in [0, 0.05) is 30.7 Å². The molecule has 0 spiro atoms. The summed E-state index contributed by atoms with van der Waals surface area (Å²) >= 11 is 1.61. The highest BCUT2D eigenvalue weighted by molar-refractivity contribution is 7.07. The highest BCUT2D eigenvalue weighted by Gasteiger charge is 2.21. The van der Waals surface area contributed by atoms with Crippen molar-refractivity contribution < 1.29 is 9.53 Å². The van der Waals surface area contributed by atoms with Crippen LogP contribution in [0, 0.1) is 0 Å². The first-order valence-electron chi connectivity index (χ1n) is 7.97. The van der Waals surface area contributed by atoms with Gasteiger partial charge in [0.1, 0.15) is 6.04 Å². The van der Waals surface area contributed by atoms with Crippen LogP contribution in [-0.4, -0.2) is 48.6 Å². The normalized spacial score (nSPS) is 17.8. The summed E-state index contributed by atoms with van der Waals surface area (Å²) in [5.41, 5.74) is 4.89. The quantitative estimate of drug-likeness (QED) is 0.833. The predicted molar refractivity (Wildman–Crippen MR) is 95.0 cm³/mol. The smallest absolute Gasteiger partial charge is 0.243 e. The minimum absolute atomic E-state index is 0.0531. The second-order valence-electron chi connectivity index (χ2n) is 5.92. The molecular weight excluding hydrogens is 324 g/mol. The molecule has 128 valence electrons. The Bertz CT molecular complexity index is 656. The van der Waals surface area contributed by atoms with Gasteiger partial charge in [0.15, 0.2) is 0 Å². The maximum absolute atomic E-state index is 12.2. The van der Waals surface area contributed by atoms with E-state index in [1.54, 1.807) is 11.3 Å². The van der Waals surface area contributed by atoms with E-state index in [2.05, 4.69) is 39.0 Å². The maximum Gasteiger partial charge on any atom is 0.243 e. The van der Waals surface area contributed by atoms with Gasteiger partial charge in [-0.3, -0.25) is 9.69 Å². The van der Waals surface area contributed by atoms with Crippen molar-refractivity contribution in [2.75, 3.05) is 32.1 Å². The number of benzene rings is 1. The number of morpholine rings is 1. The average Bonchev–Trinajstić information content (AvgIpc) is 3.08. The summed E-state index contributed by atoms with van der Waals surface area (Å²) in [5, 5.41) is 8.18. The van der Waals surface area contributed by atoms with Crippen LogP contribution in [0.1, 0.15) is 11.3 Å². The van der Waals surface area contributed by atoms with E-state index in [9.17, 15) is 4.79 Å². The molecule has 0 saturated carbocycles. The molecule has 1 aliphatic heterocycles. The van der Waals surface area contributed by atoms with Gasteiger partial charge in [0.05, 0.1) is 24.4 Å². The Labute approximate surface area is 145 Å². The third-order valence-electron chi connectivity index (χ3n) is 3.80. The number of rotatable bonds is 6. The van der Waals surface area contributed by atoms with Gasteiger partial charge in [-0.05, 0) is 24.7 Å². The molecule has 1 aromatic heterocycles. The van der Waals surface area contributed by atoms with E-state index in [0.717, 1.165) is 30.0 Å². The molecule has 0 bridgehead atoms. The first kappa shape index (κ1) is 17.0. The topological polar surface area (TPSA) is 66.5 Å². The number of anilines is 1. The lowest BCUT2D eigenvalue weighted by Crippen LogP contribution is -2.48. The first-order valence-corrected chi connectivity index (χ1v) is 8.91. The van der Waals surface area contributed by atoms with Gasteiger partial charge >= 0.3 is 0 Å². The fraction of sp³-hybridized carbons (Fsp3) is 0.412. The molecular formula is C17H22N4O2S. The van der Waals surface area contributed by atoms with Crippen molar-refractivity contribution >= 4 is 22.9 Å². The lowest BCUT2D eigenvalue weighted by atomic mass is 10.1. The van der Waals surface area contributed by atoms with Crippen LogP contribution in [-0.2, 0) is 22.6 Å². The van der Waals surface area contributed by atoms with Crippen LogP contribution < -0.4 is 10.6 Å². The van der Waals surface area contributed by atoms with Crippen LogP contribution in [0.15, 0.2) is 35.2 Å². The van der Waals surface area contributed by atoms with Crippen LogP contribution >= 0.6 is 11.3 Å². The Morgan fingerprint density at radius 1 is 1.50 bits per heavy atom. The van der Waals surface area contributed by atoms with E-state index in [1.807, 2.05) is 23.7 Å². The molecule has 1 aliphatic rings. The number of ether oxygens (including phenoxy) is 1. The SMILES string of the molecule is CN(Cc1cccc(NC(=O)C2COCCN2)c1)Cc1cscn1. The van der Waals surface area contributed by atoms with Crippen LogP contribution in [0.5, 0.6) is 0 Å². The number of nitrogens with one attached hydrogen (secondary N) is 2. The van der Waals surface area contributed by atoms with Gasteiger partial charge in [-0.1, -0.05) is 12.1 Å². The molecule has 1 amide bonds. The van der Waals surface area contributed by atoms with Gasteiger partial charge in [0.2, 0.25) is 5.91 Å². The summed E-state index contributed by atoms with van der Waals surface area (Å²) in [6, 6.07) is 7.67. The highest BCUT2D eigenvalue weighted by atomic mass is 32.1. The zero-order chi connectivity index (χ0) is 16.8. The molecule has 2 heterocycles. The number of aromatic nitrogens is 1. The van der Waals surface area contributed by atoms with Crippen LogP contribution in [0.25, 0.3) is 0 Å². The van der Waals surface area contributed by atoms with Crippen LogP contribution in [0.2, 0.25) is 0 Å². The first-order chi connectivity index (χ1) is 11.7. The standard InChI is InChI=1S/C17H22N4O2S/c1-21(9-15-11-24-12-19-15)8-13-3-2-4-14(7-13)20-17(22)16-10-23-6-5-18-16/h2-4,7,11-12,16,18H,5-6,8-10H2,1H3,(H,20,22). The van der Waals surface area contributed by atoms with Gasteiger partial charge in [-0.15, -0.1) is 11.3 Å². The second kappa shape index (κ2) is 8.34. The molecule has 2 aromatic rings. The average molecular weight is 346 g/mol. The molecule has 0 aliphatic carbocycles. The van der Waals surface area contributed by atoms with E-state index in [-0.39, 0.29) is 11.9 Å². The lowest BCUT2D eigenvalue weighted by Gasteiger charge is -2.23. The molecule has 1 fully saturated rings. The van der Waals surface area contributed by atoms with Gasteiger partial charge in [-0.2, -0.15) is 0 Å². The number of hydrogen-bond acceptors (Lipinski definition) is 6. The van der Waals surface area contributed by atoms with Crippen molar-refractivity contribution in [3.05, 3.63) is 46.4 Å². The Morgan fingerprint density at radius 2 is 2.42 bits per heavy atom. The minimum atomic E-state index is -0.283. The predicted octanol–water partition coefficient (Wildman–Crippen LogP) is 1.70. The summed E-state index contributed by atoms with van der Waals surface area (Å²) in [5.74, 6) is -0.0531. The van der Waals surface area contributed by atoms with Crippen molar-refractivity contribution in [1.82, 2.24) is 15.2 Å². The molecule has 1 atom stereocenters.